The molecule has 0 radical (unpaired) electrons. The molecule has 3 rings (SSSR count). The van der Waals surface area contributed by atoms with E-state index in [-0.39, 0.29) is 0 Å². The van der Waals surface area contributed by atoms with Crippen LogP contribution in [-0.4, -0.2) is 18.0 Å². The lowest BCUT2D eigenvalue weighted by atomic mass is 9.68. The standard InChI is InChI=1S/C17H25ClN2/c18-16-5-4-15(19)12-14(16)13-20-10-8-17(9-11-20)6-2-1-3-7-17/h4-5,12H,1-3,6-11,13,19H2. The van der Waals surface area contributed by atoms with Crippen LogP contribution in [0, 0.1) is 5.41 Å². The van der Waals surface area contributed by atoms with E-state index in [4.69, 9.17) is 17.3 Å². The largest absolute Gasteiger partial charge is 0.399 e. The molecule has 1 spiro atoms. The number of rotatable bonds is 2. The maximum Gasteiger partial charge on any atom is 0.0452 e. The third kappa shape index (κ3) is 3.12. The first-order chi connectivity index (χ1) is 9.67. The lowest BCUT2D eigenvalue weighted by Crippen LogP contribution is -2.40. The van der Waals surface area contributed by atoms with Crippen LogP contribution in [0.2, 0.25) is 5.02 Å². The molecule has 2 nitrogen and oxygen atoms in total. The van der Waals surface area contributed by atoms with Gasteiger partial charge in [0.25, 0.3) is 0 Å². The third-order valence-electron chi connectivity index (χ3n) is 5.29. The molecule has 2 N–H and O–H groups in total. The molecule has 0 atom stereocenters. The van der Waals surface area contributed by atoms with E-state index in [9.17, 15) is 0 Å². The van der Waals surface area contributed by atoms with Crippen LogP contribution >= 0.6 is 11.6 Å². The van der Waals surface area contributed by atoms with Crippen LogP contribution in [0.15, 0.2) is 18.2 Å². The van der Waals surface area contributed by atoms with Crippen molar-refractivity contribution in [2.75, 3.05) is 18.8 Å². The monoisotopic (exact) mass is 292 g/mol. The molecule has 1 aromatic carbocycles. The maximum absolute atomic E-state index is 6.28. The van der Waals surface area contributed by atoms with Gasteiger partial charge >= 0.3 is 0 Å². The summed E-state index contributed by atoms with van der Waals surface area (Å²) in [5.74, 6) is 0. The van der Waals surface area contributed by atoms with Crippen molar-refractivity contribution >= 4 is 17.3 Å². The van der Waals surface area contributed by atoms with Crippen LogP contribution < -0.4 is 5.73 Å². The fourth-order valence-electron chi connectivity index (χ4n) is 3.94. The molecule has 1 aliphatic carbocycles. The first-order valence-electron chi connectivity index (χ1n) is 7.93. The minimum Gasteiger partial charge on any atom is -0.399 e. The molecular weight excluding hydrogens is 268 g/mol. The highest BCUT2D eigenvalue weighted by Crippen LogP contribution is 2.44. The number of likely N-dealkylation sites (tertiary alicyclic amines) is 1. The second-order valence-corrected chi connectivity index (χ2v) is 7.09. The predicted octanol–water partition coefficient (Wildman–Crippen LogP) is 4.47. The van der Waals surface area contributed by atoms with Gasteiger partial charge in [0.15, 0.2) is 0 Å². The number of nitrogens with two attached hydrogens (primary N) is 1. The molecule has 1 aromatic rings. The number of hydrogen-bond acceptors (Lipinski definition) is 2. The molecule has 110 valence electrons. The first-order valence-corrected chi connectivity index (χ1v) is 8.31. The Morgan fingerprint density at radius 2 is 1.75 bits per heavy atom. The number of piperidine rings is 1. The van der Waals surface area contributed by atoms with Crippen molar-refractivity contribution in [2.45, 2.75) is 51.5 Å². The summed E-state index contributed by atoms with van der Waals surface area (Å²) in [7, 11) is 0. The Bertz CT molecular complexity index is 456. The molecule has 0 unspecified atom stereocenters. The molecule has 0 aromatic heterocycles. The molecule has 1 heterocycles. The number of halogens is 1. The van der Waals surface area contributed by atoms with E-state index in [2.05, 4.69) is 4.90 Å². The minimum absolute atomic E-state index is 0.675. The summed E-state index contributed by atoms with van der Waals surface area (Å²) in [5, 5.41) is 0.845. The smallest absolute Gasteiger partial charge is 0.0452 e. The highest BCUT2D eigenvalue weighted by molar-refractivity contribution is 6.31. The van der Waals surface area contributed by atoms with Gasteiger partial charge in [-0.05, 0) is 68.0 Å². The van der Waals surface area contributed by atoms with Crippen LogP contribution in [0.1, 0.15) is 50.5 Å². The van der Waals surface area contributed by atoms with E-state index >= 15 is 0 Å². The molecule has 1 aliphatic heterocycles. The Morgan fingerprint density at radius 1 is 1.05 bits per heavy atom. The third-order valence-corrected chi connectivity index (χ3v) is 5.66. The van der Waals surface area contributed by atoms with Gasteiger partial charge in [0.2, 0.25) is 0 Å². The van der Waals surface area contributed by atoms with Crippen molar-refractivity contribution in [3.05, 3.63) is 28.8 Å². The van der Waals surface area contributed by atoms with Crippen molar-refractivity contribution in [3.63, 3.8) is 0 Å². The van der Waals surface area contributed by atoms with Gasteiger partial charge in [-0.1, -0.05) is 30.9 Å². The number of nitrogen functional groups attached to an aromatic ring is 1. The summed E-state index contributed by atoms with van der Waals surface area (Å²) in [4.78, 5) is 2.54. The zero-order chi connectivity index (χ0) is 14.0. The van der Waals surface area contributed by atoms with Gasteiger partial charge in [-0.25, -0.2) is 0 Å². The van der Waals surface area contributed by atoms with Gasteiger partial charge < -0.3 is 5.73 Å². The van der Waals surface area contributed by atoms with E-state index in [1.54, 1.807) is 0 Å². The van der Waals surface area contributed by atoms with E-state index in [1.807, 2.05) is 18.2 Å². The van der Waals surface area contributed by atoms with E-state index in [0.717, 1.165) is 17.3 Å². The zero-order valence-electron chi connectivity index (χ0n) is 12.2. The van der Waals surface area contributed by atoms with Crippen LogP contribution in [0.5, 0.6) is 0 Å². The van der Waals surface area contributed by atoms with E-state index < -0.39 is 0 Å². The molecule has 20 heavy (non-hydrogen) atoms. The van der Waals surface area contributed by atoms with Crippen molar-refractivity contribution in [2.24, 2.45) is 5.41 Å². The summed E-state index contributed by atoms with van der Waals surface area (Å²) in [6.07, 6.45) is 9.99. The summed E-state index contributed by atoms with van der Waals surface area (Å²) >= 11 is 6.28. The van der Waals surface area contributed by atoms with Crippen LogP contribution in [-0.2, 0) is 6.54 Å². The molecule has 0 bridgehead atoms. The number of benzene rings is 1. The zero-order valence-corrected chi connectivity index (χ0v) is 13.0. The number of nitrogens with zero attached hydrogens (tertiary/aromatic N) is 1. The summed E-state index contributed by atoms with van der Waals surface area (Å²) in [6.45, 7) is 3.37. The lowest BCUT2D eigenvalue weighted by Gasteiger charge is -2.44. The minimum atomic E-state index is 0.675. The Hall–Kier alpha value is -0.730. The number of hydrogen-bond donors (Lipinski definition) is 1. The topological polar surface area (TPSA) is 29.3 Å². The van der Waals surface area contributed by atoms with Gasteiger partial charge in [0, 0.05) is 17.3 Å². The van der Waals surface area contributed by atoms with Crippen molar-refractivity contribution in [1.29, 1.82) is 0 Å². The van der Waals surface area contributed by atoms with Gasteiger partial charge in [-0.2, -0.15) is 0 Å². The van der Waals surface area contributed by atoms with Gasteiger partial charge in [0.1, 0.15) is 0 Å². The predicted molar refractivity (Wildman–Crippen MR) is 85.9 cm³/mol. The molecule has 2 aliphatic rings. The Kier molecular flexibility index (Phi) is 4.23. The Labute approximate surface area is 127 Å². The molecule has 2 fully saturated rings. The Morgan fingerprint density at radius 3 is 2.45 bits per heavy atom. The SMILES string of the molecule is Nc1ccc(Cl)c(CN2CCC3(CCCCC3)CC2)c1. The molecule has 1 saturated heterocycles. The first kappa shape index (κ1) is 14.2. The van der Waals surface area contributed by atoms with Crippen molar-refractivity contribution in [1.82, 2.24) is 4.90 Å². The second kappa shape index (κ2) is 5.95. The lowest BCUT2D eigenvalue weighted by molar-refractivity contribution is 0.0641. The fraction of sp³-hybridized carbons (Fsp3) is 0.647. The average molecular weight is 293 g/mol. The van der Waals surface area contributed by atoms with Gasteiger partial charge in [0.05, 0.1) is 0 Å². The maximum atomic E-state index is 6.28. The summed E-state index contributed by atoms with van der Waals surface area (Å²) in [6, 6.07) is 5.81. The van der Waals surface area contributed by atoms with Crippen LogP contribution in [0.4, 0.5) is 5.69 Å². The quantitative estimate of drug-likeness (QED) is 0.815. The molecule has 1 saturated carbocycles. The normalized spacial score (nSPS) is 23.1. The summed E-state index contributed by atoms with van der Waals surface area (Å²) in [5.41, 5.74) is 8.52. The Balaban J connectivity index is 1.59. The number of anilines is 1. The fourth-order valence-corrected chi connectivity index (χ4v) is 4.12. The van der Waals surface area contributed by atoms with Crippen LogP contribution in [0.25, 0.3) is 0 Å². The van der Waals surface area contributed by atoms with Crippen molar-refractivity contribution in [3.8, 4) is 0 Å². The second-order valence-electron chi connectivity index (χ2n) is 6.69. The molecular formula is C17H25ClN2. The van der Waals surface area contributed by atoms with E-state index in [0.29, 0.717) is 5.41 Å². The van der Waals surface area contributed by atoms with Crippen LogP contribution in [0.3, 0.4) is 0 Å². The summed E-state index contributed by atoms with van der Waals surface area (Å²) < 4.78 is 0. The van der Waals surface area contributed by atoms with E-state index in [1.165, 1.54) is 63.6 Å². The van der Waals surface area contributed by atoms with Crippen molar-refractivity contribution < 1.29 is 0 Å². The molecule has 0 amide bonds. The highest BCUT2D eigenvalue weighted by Gasteiger charge is 2.35. The highest BCUT2D eigenvalue weighted by atomic mass is 35.5. The molecule has 3 heteroatoms. The van der Waals surface area contributed by atoms with Gasteiger partial charge in [-0.15, -0.1) is 0 Å². The average Bonchev–Trinajstić information content (AvgIpc) is 2.47. The van der Waals surface area contributed by atoms with Gasteiger partial charge in [-0.3, -0.25) is 4.90 Å².